The number of ether oxygens (including phenoxy) is 1. The minimum atomic E-state index is -4.40. The molecule has 186 valence electrons. The zero-order chi connectivity index (χ0) is 25.8. The molecule has 0 bridgehead atoms. The molecule has 0 aliphatic carbocycles. The molecule has 0 amide bonds. The molecule has 1 heterocycles. The molecule has 3 aromatic rings. The first-order valence-corrected chi connectivity index (χ1v) is 11.6. The van der Waals surface area contributed by atoms with Crippen LogP contribution < -0.4 is 4.74 Å². The first-order chi connectivity index (χ1) is 16.5. The number of halogens is 4. The summed E-state index contributed by atoms with van der Waals surface area (Å²) in [5, 5.41) is 0.606. The minimum absolute atomic E-state index is 0.0780. The monoisotopic (exact) mass is 509 g/mol. The molecule has 3 rings (SSSR count). The number of carbonyl (C=O) groups is 2. The van der Waals surface area contributed by atoms with Crippen molar-refractivity contribution < 1.29 is 37.0 Å². The van der Waals surface area contributed by atoms with Crippen LogP contribution >= 0.6 is 11.3 Å². The number of carbonyl (C=O) groups excluding carboxylic acids is 2. The fourth-order valence-electron chi connectivity index (χ4n) is 3.43. The quantitative estimate of drug-likeness (QED) is 0.232. The molecule has 35 heavy (non-hydrogen) atoms. The Kier molecular flexibility index (Phi) is 8.26. The molecule has 0 radical (unpaired) electrons. The molecule has 0 aliphatic heterocycles. The fraction of sp³-hybridized carbons (Fsp3) is 0.320. The number of Topliss-reactive ketones (excluding diaryl/α,β-unsaturated/α-hetero) is 1. The smallest absolute Gasteiger partial charge is 0.416 e. The molecule has 0 atom stereocenters. The lowest BCUT2D eigenvalue weighted by atomic mass is 10.0. The highest BCUT2D eigenvalue weighted by molar-refractivity contribution is 7.15. The Morgan fingerprint density at radius 1 is 1.09 bits per heavy atom. The lowest BCUT2D eigenvalue weighted by molar-refractivity contribution is -0.185. The van der Waals surface area contributed by atoms with Gasteiger partial charge >= 0.3 is 12.1 Å². The van der Waals surface area contributed by atoms with Crippen molar-refractivity contribution in [1.82, 2.24) is 4.98 Å². The molecule has 0 spiro atoms. The Labute approximate surface area is 203 Å². The summed E-state index contributed by atoms with van der Waals surface area (Å²) in [6.07, 6.45) is -3.76. The fourth-order valence-corrected chi connectivity index (χ4v) is 4.66. The van der Waals surface area contributed by atoms with Gasteiger partial charge in [-0.3, -0.25) is 9.74 Å². The van der Waals surface area contributed by atoms with Gasteiger partial charge in [0.1, 0.15) is 10.8 Å². The lowest BCUT2D eigenvalue weighted by Crippen LogP contribution is -2.12. The number of hydrogen-bond donors (Lipinski definition) is 0. The molecule has 5 nitrogen and oxygen atoms in total. The number of benzene rings is 2. The van der Waals surface area contributed by atoms with Gasteiger partial charge in [-0.1, -0.05) is 26.0 Å². The molecular weight excluding hydrogens is 486 g/mol. The molecule has 0 aliphatic rings. The molecule has 0 unspecified atom stereocenters. The zero-order valence-corrected chi connectivity index (χ0v) is 20.1. The number of aromatic nitrogens is 1. The van der Waals surface area contributed by atoms with Crippen molar-refractivity contribution >= 4 is 23.1 Å². The average molecular weight is 510 g/mol. The Bertz CT molecular complexity index is 1200. The first kappa shape index (κ1) is 26.3. The maximum Gasteiger partial charge on any atom is 0.416 e. The van der Waals surface area contributed by atoms with E-state index >= 15 is 0 Å². The van der Waals surface area contributed by atoms with Gasteiger partial charge in [0.05, 0.1) is 11.3 Å². The number of nitrogens with zero attached hydrogens (tertiary/aromatic N) is 1. The largest absolute Gasteiger partial charge is 0.481 e. The second kappa shape index (κ2) is 11.0. The van der Waals surface area contributed by atoms with Crippen LogP contribution in [0.2, 0.25) is 0 Å². The second-order valence-corrected chi connectivity index (χ2v) is 9.28. The highest BCUT2D eigenvalue weighted by atomic mass is 32.1. The van der Waals surface area contributed by atoms with Gasteiger partial charge in [-0.2, -0.15) is 13.2 Å². The van der Waals surface area contributed by atoms with Crippen LogP contribution in [0.1, 0.15) is 58.2 Å². The number of alkyl halides is 3. The number of hydrogen-bond acceptors (Lipinski definition) is 6. The topological polar surface area (TPSA) is 65.5 Å². The Morgan fingerprint density at radius 3 is 2.34 bits per heavy atom. The lowest BCUT2D eigenvalue weighted by Gasteiger charge is -2.09. The highest BCUT2D eigenvalue weighted by Gasteiger charge is 2.30. The number of rotatable bonds is 9. The molecule has 10 heteroatoms. The summed E-state index contributed by atoms with van der Waals surface area (Å²) in [5.74, 6) is -0.861. The maximum atomic E-state index is 12.9. The molecule has 0 saturated heterocycles. The summed E-state index contributed by atoms with van der Waals surface area (Å²) in [4.78, 5) is 32.3. The number of ketones is 1. The van der Waals surface area contributed by atoms with E-state index in [1.54, 1.807) is 19.1 Å². The van der Waals surface area contributed by atoms with Gasteiger partial charge in [-0.25, -0.2) is 9.78 Å². The highest BCUT2D eigenvalue weighted by Crippen LogP contribution is 2.35. The van der Waals surface area contributed by atoms with E-state index in [1.807, 2.05) is 13.8 Å². The van der Waals surface area contributed by atoms with Crippen LogP contribution in [0.5, 0.6) is 5.75 Å². The summed E-state index contributed by atoms with van der Waals surface area (Å²) in [7, 11) is 0. The van der Waals surface area contributed by atoms with Crippen LogP contribution in [0.15, 0.2) is 42.5 Å². The van der Waals surface area contributed by atoms with Gasteiger partial charge in [0.15, 0.2) is 12.4 Å². The average Bonchev–Trinajstić information content (AvgIpc) is 3.25. The van der Waals surface area contributed by atoms with E-state index in [1.165, 1.54) is 29.5 Å². The van der Waals surface area contributed by atoms with Gasteiger partial charge in [-0.05, 0) is 55.2 Å². The predicted molar refractivity (Wildman–Crippen MR) is 123 cm³/mol. The van der Waals surface area contributed by atoms with Crippen molar-refractivity contribution in [2.24, 2.45) is 0 Å². The van der Waals surface area contributed by atoms with Crippen molar-refractivity contribution in [1.29, 1.82) is 0 Å². The third kappa shape index (κ3) is 6.66. The summed E-state index contributed by atoms with van der Waals surface area (Å²) in [6.45, 7) is 5.05. The zero-order valence-electron chi connectivity index (χ0n) is 19.2. The van der Waals surface area contributed by atoms with Gasteiger partial charge in [-0.15, -0.1) is 11.3 Å². The molecule has 0 N–H and O–H groups in total. The van der Waals surface area contributed by atoms with E-state index in [4.69, 9.17) is 4.74 Å². The van der Waals surface area contributed by atoms with Crippen LogP contribution in [0, 0.1) is 6.92 Å². The van der Waals surface area contributed by atoms with Gasteiger partial charge in [0, 0.05) is 27.0 Å². The van der Waals surface area contributed by atoms with Crippen molar-refractivity contribution in [3.8, 4) is 16.3 Å². The predicted octanol–water partition coefficient (Wildman–Crippen LogP) is 6.88. The molecule has 0 fully saturated rings. The van der Waals surface area contributed by atoms with Crippen LogP contribution in [0.4, 0.5) is 17.7 Å². The van der Waals surface area contributed by atoms with Crippen molar-refractivity contribution in [2.45, 2.75) is 45.7 Å². The third-order valence-corrected chi connectivity index (χ3v) is 6.42. The summed E-state index contributed by atoms with van der Waals surface area (Å²) in [6, 6.07) is 9.59. The Balaban J connectivity index is 1.72. The van der Waals surface area contributed by atoms with Gasteiger partial charge in [0.25, 0.3) is 0 Å². The molecule has 0 saturated carbocycles. The van der Waals surface area contributed by atoms with E-state index in [0.717, 1.165) is 22.7 Å². The second-order valence-electron chi connectivity index (χ2n) is 8.20. The van der Waals surface area contributed by atoms with Crippen LogP contribution in [-0.2, 0) is 22.3 Å². The standard InChI is InChI=1S/C25H23F4NO4S/c1-14(2)23-21(35-24(30-23)16-4-7-18(8-5-16)25(26,27)28)11-9-19(31)17-6-10-20(15(3)12-17)33-13-22(32)34-29/h4-8,10,12,14H,9,11,13H2,1-3H3. The van der Waals surface area contributed by atoms with E-state index in [-0.39, 0.29) is 18.1 Å². The summed E-state index contributed by atoms with van der Waals surface area (Å²) < 4.78 is 55.6. The molecule has 2 aromatic carbocycles. The first-order valence-electron chi connectivity index (χ1n) is 10.7. The maximum absolute atomic E-state index is 12.9. The Morgan fingerprint density at radius 2 is 1.77 bits per heavy atom. The third-order valence-electron chi connectivity index (χ3n) is 5.24. The molecule has 1 aromatic heterocycles. The SMILES string of the molecule is Cc1cc(C(=O)CCc2sc(-c3ccc(C(F)(F)F)cc3)nc2C(C)C)ccc1OCC(=O)OF. The van der Waals surface area contributed by atoms with Crippen molar-refractivity contribution in [2.75, 3.05) is 6.61 Å². The van der Waals surface area contributed by atoms with Gasteiger partial charge in [0.2, 0.25) is 0 Å². The summed E-state index contributed by atoms with van der Waals surface area (Å²) in [5.41, 5.74) is 1.75. The van der Waals surface area contributed by atoms with Crippen LogP contribution in [-0.4, -0.2) is 23.3 Å². The van der Waals surface area contributed by atoms with Crippen molar-refractivity contribution in [3.63, 3.8) is 0 Å². The Hall–Kier alpha value is -3.27. The van der Waals surface area contributed by atoms with Crippen LogP contribution in [0.25, 0.3) is 10.6 Å². The van der Waals surface area contributed by atoms with Crippen LogP contribution in [0.3, 0.4) is 0 Å². The van der Waals surface area contributed by atoms with E-state index < -0.39 is 24.3 Å². The van der Waals surface area contributed by atoms with Crippen molar-refractivity contribution in [3.05, 3.63) is 69.7 Å². The molecular formula is C25H23F4NO4S. The van der Waals surface area contributed by atoms with E-state index in [2.05, 4.69) is 9.93 Å². The normalized spacial score (nSPS) is 11.5. The number of aryl methyl sites for hydroxylation is 2. The van der Waals surface area contributed by atoms with E-state index in [9.17, 15) is 27.3 Å². The summed E-state index contributed by atoms with van der Waals surface area (Å²) >= 11 is 1.37. The minimum Gasteiger partial charge on any atom is -0.481 e. The van der Waals surface area contributed by atoms with E-state index in [0.29, 0.717) is 33.9 Å². The number of thiazole rings is 1. The van der Waals surface area contributed by atoms with Gasteiger partial charge < -0.3 is 4.74 Å².